The molecular weight excluding hydrogens is 448 g/mol. The Balaban J connectivity index is 5.13. The van der Waals surface area contributed by atoms with E-state index in [2.05, 4.69) is 6.58 Å². The normalized spacial score (nSPS) is 11.4. The molecule has 0 fully saturated rings. The van der Waals surface area contributed by atoms with E-state index in [1.807, 2.05) is 0 Å². The van der Waals surface area contributed by atoms with Crippen LogP contribution in [0.1, 0.15) is 20.8 Å². The van der Waals surface area contributed by atoms with Gasteiger partial charge in [0.25, 0.3) is 0 Å². The van der Waals surface area contributed by atoms with Crippen molar-refractivity contribution in [2.24, 2.45) is 0 Å². The zero-order valence-corrected chi connectivity index (χ0v) is 20.4. The number of aliphatic carboxylic acids is 3. The van der Waals surface area contributed by atoms with Gasteiger partial charge in [-0.3, -0.25) is 43.6 Å². The molecule has 0 aromatic carbocycles. The van der Waals surface area contributed by atoms with Gasteiger partial charge in [-0.1, -0.05) is 12.2 Å². The van der Waals surface area contributed by atoms with Gasteiger partial charge >= 0.3 is 17.9 Å². The van der Waals surface area contributed by atoms with Crippen LogP contribution < -0.4 is 0 Å². The number of hydrogen-bond acceptors (Lipinski definition) is 9. The van der Waals surface area contributed by atoms with Crippen molar-refractivity contribution in [3.05, 3.63) is 12.2 Å². The van der Waals surface area contributed by atoms with E-state index >= 15 is 0 Å². The molecule has 0 aliphatic rings. The van der Waals surface area contributed by atoms with Gasteiger partial charge in [0.1, 0.15) is 11.6 Å². The van der Waals surface area contributed by atoms with E-state index in [9.17, 15) is 34.2 Å². The first kappa shape index (κ1) is 31.3. The number of rotatable bonds is 21. The zero-order chi connectivity index (χ0) is 26.3. The van der Waals surface area contributed by atoms with E-state index in [1.54, 1.807) is 26.5 Å². The molecule has 0 aliphatic carbocycles. The summed E-state index contributed by atoms with van der Waals surface area (Å²) in [5, 5.41) is 27.6. The lowest BCUT2D eigenvalue weighted by Gasteiger charge is -2.29. The van der Waals surface area contributed by atoms with Gasteiger partial charge in [-0.05, 0) is 20.8 Å². The second-order valence-electron chi connectivity index (χ2n) is 8.52. The van der Waals surface area contributed by atoms with Crippen LogP contribution in [0.4, 0.5) is 0 Å². The third kappa shape index (κ3) is 17.8. The molecule has 3 N–H and O–H groups in total. The van der Waals surface area contributed by atoms with E-state index in [0.717, 1.165) is 5.57 Å². The predicted octanol–water partition coefficient (Wildman–Crippen LogP) is -0.798. The maximum Gasteiger partial charge on any atom is 0.317 e. The minimum Gasteiger partial charge on any atom is -0.480 e. The first-order valence-corrected chi connectivity index (χ1v) is 11.0. The molecule has 0 radical (unpaired) electrons. The number of carboxylic acids is 3. The molecule has 34 heavy (non-hydrogen) atoms. The number of Topliss-reactive ketones (excluding diaryl/α,β-unsaturated/α-hetero) is 2. The quantitative estimate of drug-likeness (QED) is 0.174. The highest BCUT2D eigenvalue weighted by atomic mass is 16.4. The molecule has 0 aromatic heterocycles. The van der Waals surface area contributed by atoms with Crippen molar-refractivity contribution in [1.82, 2.24) is 19.6 Å². The van der Waals surface area contributed by atoms with Crippen LogP contribution in [0.3, 0.4) is 0 Å². The Morgan fingerprint density at radius 1 is 0.500 bits per heavy atom. The summed E-state index contributed by atoms with van der Waals surface area (Å²) in [4.78, 5) is 63.2. The van der Waals surface area contributed by atoms with E-state index < -0.39 is 17.9 Å². The summed E-state index contributed by atoms with van der Waals surface area (Å²) in [6, 6.07) is 0. The highest BCUT2D eigenvalue weighted by Crippen LogP contribution is 2.00. The molecule has 12 nitrogen and oxygen atoms in total. The van der Waals surface area contributed by atoms with Gasteiger partial charge in [0, 0.05) is 45.8 Å². The van der Waals surface area contributed by atoms with Crippen LogP contribution in [-0.4, -0.2) is 143 Å². The molecule has 0 unspecified atom stereocenters. The summed E-state index contributed by atoms with van der Waals surface area (Å²) >= 11 is 0. The van der Waals surface area contributed by atoms with Gasteiger partial charge in [-0.15, -0.1) is 0 Å². The van der Waals surface area contributed by atoms with Gasteiger partial charge in [-0.25, -0.2) is 0 Å². The Kier molecular flexibility index (Phi) is 15.5. The second-order valence-corrected chi connectivity index (χ2v) is 8.52. The van der Waals surface area contributed by atoms with Gasteiger partial charge in [0.2, 0.25) is 0 Å². The Morgan fingerprint density at radius 2 is 0.765 bits per heavy atom. The van der Waals surface area contributed by atoms with Crippen LogP contribution in [0.15, 0.2) is 12.2 Å². The summed E-state index contributed by atoms with van der Waals surface area (Å²) < 4.78 is 0. The maximum atomic E-state index is 11.5. The largest absolute Gasteiger partial charge is 0.480 e. The molecular formula is C22H38N4O8. The summed E-state index contributed by atoms with van der Waals surface area (Å²) in [6.07, 6.45) is 0. The Morgan fingerprint density at radius 3 is 1.03 bits per heavy atom. The standard InChI is InChI=1S/C22H38N4O8/c1-17(2)11-25(16-22(33)34)9-7-23(14-20(29)30)5-6-24(15-21(31)32)8-10-26(12-18(3)27)13-19(4)28/h1,5-16H2,2-4H3,(H,29,30)(H,31,32)(H,33,34). The number of carbonyl (C=O) groups is 5. The molecule has 0 rings (SSSR count). The van der Waals surface area contributed by atoms with E-state index in [1.165, 1.54) is 13.8 Å². The molecule has 194 valence electrons. The summed E-state index contributed by atoms with van der Waals surface area (Å²) in [6.45, 7) is 9.76. The number of nitrogens with zero attached hydrogens (tertiary/aromatic N) is 4. The zero-order valence-electron chi connectivity index (χ0n) is 20.4. The minimum absolute atomic E-state index is 0.0771. The van der Waals surface area contributed by atoms with Crippen molar-refractivity contribution < 1.29 is 39.3 Å². The van der Waals surface area contributed by atoms with E-state index in [0.29, 0.717) is 19.6 Å². The molecule has 0 saturated carbocycles. The third-order valence-electron chi connectivity index (χ3n) is 4.66. The van der Waals surface area contributed by atoms with Crippen molar-refractivity contribution in [3.63, 3.8) is 0 Å². The molecule has 0 aliphatic heterocycles. The van der Waals surface area contributed by atoms with Gasteiger partial charge in [-0.2, -0.15) is 0 Å². The lowest BCUT2D eigenvalue weighted by Crippen LogP contribution is -2.46. The summed E-state index contributed by atoms with van der Waals surface area (Å²) in [5.41, 5.74) is 0.777. The molecule has 0 heterocycles. The number of carbonyl (C=O) groups excluding carboxylic acids is 2. The number of hydrogen-bond donors (Lipinski definition) is 3. The van der Waals surface area contributed by atoms with Crippen LogP contribution in [0.2, 0.25) is 0 Å². The van der Waals surface area contributed by atoms with Crippen molar-refractivity contribution >= 4 is 29.5 Å². The van der Waals surface area contributed by atoms with Gasteiger partial charge in [0.15, 0.2) is 0 Å². The first-order chi connectivity index (χ1) is 15.8. The Hall–Kier alpha value is -2.67. The predicted molar refractivity (Wildman–Crippen MR) is 125 cm³/mol. The highest BCUT2D eigenvalue weighted by molar-refractivity contribution is 5.80. The van der Waals surface area contributed by atoms with Crippen LogP contribution in [0, 0.1) is 0 Å². The van der Waals surface area contributed by atoms with Gasteiger partial charge < -0.3 is 15.3 Å². The monoisotopic (exact) mass is 486 g/mol. The maximum absolute atomic E-state index is 11.5. The molecule has 0 atom stereocenters. The average molecular weight is 487 g/mol. The second kappa shape index (κ2) is 16.9. The van der Waals surface area contributed by atoms with Crippen molar-refractivity contribution in [3.8, 4) is 0 Å². The lowest BCUT2D eigenvalue weighted by molar-refractivity contribution is -0.140. The SMILES string of the molecule is C=C(C)CN(CCN(CCN(CCN(CC(C)=O)CC(C)=O)CC(=O)O)CC(=O)O)CC(=O)O. The smallest absolute Gasteiger partial charge is 0.317 e. The Labute approximate surface area is 200 Å². The molecule has 12 heteroatoms. The van der Waals surface area contributed by atoms with E-state index in [4.69, 9.17) is 5.11 Å². The van der Waals surface area contributed by atoms with Crippen LogP contribution in [0.25, 0.3) is 0 Å². The van der Waals surface area contributed by atoms with Crippen molar-refractivity contribution in [1.29, 1.82) is 0 Å². The molecule has 0 aromatic rings. The summed E-state index contributed by atoms with van der Waals surface area (Å²) in [7, 11) is 0. The lowest BCUT2D eigenvalue weighted by atomic mass is 10.3. The number of carboxylic acid groups (broad SMARTS) is 3. The molecule has 0 bridgehead atoms. The van der Waals surface area contributed by atoms with Crippen LogP contribution >= 0.6 is 0 Å². The topological polar surface area (TPSA) is 159 Å². The molecule has 0 spiro atoms. The number of ketones is 2. The van der Waals surface area contributed by atoms with Crippen molar-refractivity contribution in [2.45, 2.75) is 20.8 Å². The van der Waals surface area contributed by atoms with Crippen LogP contribution in [0.5, 0.6) is 0 Å². The first-order valence-electron chi connectivity index (χ1n) is 11.0. The van der Waals surface area contributed by atoms with Gasteiger partial charge in [0.05, 0.1) is 32.7 Å². The fourth-order valence-corrected chi connectivity index (χ4v) is 3.40. The average Bonchev–Trinajstić information content (AvgIpc) is 2.64. The van der Waals surface area contributed by atoms with E-state index in [-0.39, 0.29) is 70.5 Å². The fourth-order valence-electron chi connectivity index (χ4n) is 3.40. The van der Waals surface area contributed by atoms with Crippen molar-refractivity contribution in [2.75, 3.05) is 78.5 Å². The Bertz CT molecular complexity index is 636. The minimum atomic E-state index is -1.05. The fraction of sp³-hybridized carbons (Fsp3) is 0.682. The third-order valence-corrected chi connectivity index (χ3v) is 4.66. The molecule has 0 saturated heterocycles. The highest BCUT2D eigenvalue weighted by Gasteiger charge is 2.18. The summed E-state index contributed by atoms with van der Waals surface area (Å²) in [5.74, 6) is -3.33. The molecule has 0 amide bonds. The van der Waals surface area contributed by atoms with Crippen LogP contribution in [-0.2, 0) is 24.0 Å².